The number of benzene rings is 2. The number of carbonyl (C=O) groups excluding carboxylic acids is 1. The standard InChI is InChI=1S/C22H24N4OS/c27-21(20-15-24-22(28)26(20)19-6-2-1-3-7-19)23-14-17-8-10-18(11-9-17)16-25-12-4-5-13-25/h1-3,6-11,15H,4-5,12-14,16H2,(H,23,27)(H,24,28). The van der Waals surface area contributed by atoms with Crippen molar-refractivity contribution in [3.63, 3.8) is 0 Å². The number of rotatable bonds is 6. The molecule has 1 aliphatic heterocycles. The number of hydrogen-bond acceptors (Lipinski definition) is 3. The van der Waals surface area contributed by atoms with E-state index in [4.69, 9.17) is 12.2 Å². The number of para-hydroxylation sites is 1. The molecule has 1 aliphatic rings. The third-order valence-electron chi connectivity index (χ3n) is 5.10. The summed E-state index contributed by atoms with van der Waals surface area (Å²) in [4.78, 5) is 18.2. The number of amides is 1. The summed E-state index contributed by atoms with van der Waals surface area (Å²) < 4.78 is 2.26. The van der Waals surface area contributed by atoms with Crippen LogP contribution in [0.3, 0.4) is 0 Å². The number of aromatic nitrogens is 2. The molecule has 1 aromatic heterocycles. The van der Waals surface area contributed by atoms with Gasteiger partial charge in [0, 0.05) is 25.0 Å². The van der Waals surface area contributed by atoms with Crippen LogP contribution in [0.15, 0.2) is 60.8 Å². The predicted molar refractivity (Wildman–Crippen MR) is 113 cm³/mol. The van der Waals surface area contributed by atoms with E-state index in [1.165, 1.54) is 31.5 Å². The Morgan fingerprint density at radius 3 is 2.39 bits per heavy atom. The Morgan fingerprint density at radius 1 is 1.00 bits per heavy atom. The Labute approximate surface area is 170 Å². The molecule has 0 spiro atoms. The lowest BCUT2D eigenvalue weighted by atomic mass is 10.1. The second kappa shape index (κ2) is 8.54. The van der Waals surface area contributed by atoms with E-state index in [-0.39, 0.29) is 5.91 Å². The van der Waals surface area contributed by atoms with E-state index in [1.807, 2.05) is 30.3 Å². The van der Waals surface area contributed by atoms with Crippen molar-refractivity contribution < 1.29 is 4.79 Å². The van der Waals surface area contributed by atoms with Gasteiger partial charge in [0.2, 0.25) is 0 Å². The van der Waals surface area contributed by atoms with Crippen molar-refractivity contribution in [3.05, 3.63) is 82.4 Å². The van der Waals surface area contributed by atoms with Crippen LogP contribution >= 0.6 is 12.2 Å². The lowest BCUT2D eigenvalue weighted by Gasteiger charge is -2.14. The molecule has 0 aliphatic carbocycles. The van der Waals surface area contributed by atoms with E-state index >= 15 is 0 Å². The highest BCUT2D eigenvalue weighted by atomic mass is 32.1. The largest absolute Gasteiger partial charge is 0.347 e. The van der Waals surface area contributed by atoms with E-state index in [2.05, 4.69) is 39.5 Å². The van der Waals surface area contributed by atoms with Gasteiger partial charge < -0.3 is 10.3 Å². The molecule has 0 saturated carbocycles. The number of aromatic amines is 1. The van der Waals surface area contributed by atoms with E-state index in [0.717, 1.165) is 17.8 Å². The van der Waals surface area contributed by atoms with Crippen LogP contribution in [-0.2, 0) is 13.1 Å². The summed E-state index contributed by atoms with van der Waals surface area (Å²) in [7, 11) is 0. The van der Waals surface area contributed by atoms with Crippen LogP contribution in [-0.4, -0.2) is 33.4 Å². The first-order chi connectivity index (χ1) is 13.7. The van der Waals surface area contributed by atoms with Crippen LogP contribution in [0.2, 0.25) is 0 Å². The zero-order valence-electron chi connectivity index (χ0n) is 15.7. The van der Waals surface area contributed by atoms with Crippen molar-refractivity contribution in [1.82, 2.24) is 19.8 Å². The van der Waals surface area contributed by atoms with Crippen molar-refractivity contribution in [2.24, 2.45) is 0 Å². The highest BCUT2D eigenvalue weighted by Crippen LogP contribution is 2.14. The van der Waals surface area contributed by atoms with Gasteiger partial charge in [0.05, 0.1) is 0 Å². The third-order valence-corrected chi connectivity index (χ3v) is 5.40. The first-order valence-electron chi connectivity index (χ1n) is 9.65. The molecule has 1 fully saturated rings. The normalized spacial score (nSPS) is 14.3. The van der Waals surface area contributed by atoms with Gasteiger partial charge >= 0.3 is 0 Å². The fourth-order valence-corrected chi connectivity index (χ4v) is 3.87. The third kappa shape index (κ3) is 4.24. The van der Waals surface area contributed by atoms with Crippen LogP contribution < -0.4 is 5.32 Å². The summed E-state index contributed by atoms with van der Waals surface area (Å²) >= 11 is 5.35. The lowest BCUT2D eigenvalue weighted by Crippen LogP contribution is -2.25. The molecule has 0 radical (unpaired) electrons. The molecular weight excluding hydrogens is 368 g/mol. The summed E-state index contributed by atoms with van der Waals surface area (Å²) in [6.45, 7) is 3.88. The first-order valence-corrected chi connectivity index (χ1v) is 10.1. The van der Waals surface area contributed by atoms with E-state index in [1.54, 1.807) is 10.8 Å². The lowest BCUT2D eigenvalue weighted by molar-refractivity contribution is 0.0944. The zero-order chi connectivity index (χ0) is 19.3. The Balaban J connectivity index is 1.40. The molecule has 0 unspecified atom stereocenters. The minimum atomic E-state index is -0.155. The quantitative estimate of drug-likeness (QED) is 0.622. The molecule has 28 heavy (non-hydrogen) atoms. The molecule has 1 saturated heterocycles. The molecule has 2 heterocycles. The molecule has 0 bridgehead atoms. The summed E-state index contributed by atoms with van der Waals surface area (Å²) in [5.41, 5.74) is 3.77. The number of nitrogens with zero attached hydrogens (tertiary/aromatic N) is 2. The maximum Gasteiger partial charge on any atom is 0.270 e. The molecule has 6 heteroatoms. The van der Waals surface area contributed by atoms with Crippen molar-refractivity contribution in [1.29, 1.82) is 0 Å². The summed E-state index contributed by atoms with van der Waals surface area (Å²) in [6, 6.07) is 18.1. The van der Waals surface area contributed by atoms with Crippen molar-refractivity contribution >= 4 is 18.1 Å². The molecule has 144 valence electrons. The Morgan fingerprint density at radius 2 is 1.68 bits per heavy atom. The Kier molecular flexibility index (Phi) is 5.69. The molecule has 2 aromatic carbocycles. The second-order valence-electron chi connectivity index (χ2n) is 7.13. The number of nitrogens with one attached hydrogen (secondary N) is 2. The van der Waals surface area contributed by atoms with Gasteiger partial charge in [-0.15, -0.1) is 0 Å². The average molecular weight is 393 g/mol. The topological polar surface area (TPSA) is 53.1 Å². The molecular formula is C22H24N4OS. The molecule has 0 atom stereocenters. The number of hydrogen-bond donors (Lipinski definition) is 2. The maximum atomic E-state index is 12.7. The zero-order valence-corrected chi connectivity index (χ0v) is 16.5. The Bertz CT molecular complexity index is 985. The summed E-state index contributed by atoms with van der Waals surface area (Å²) in [5.74, 6) is -0.155. The van der Waals surface area contributed by atoms with E-state index in [9.17, 15) is 4.79 Å². The number of carbonyl (C=O) groups is 1. The van der Waals surface area contributed by atoms with Gasteiger partial charge in [-0.05, 0) is 61.4 Å². The molecule has 5 nitrogen and oxygen atoms in total. The van der Waals surface area contributed by atoms with Gasteiger partial charge in [0.1, 0.15) is 5.69 Å². The van der Waals surface area contributed by atoms with Gasteiger partial charge in [-0.25, -0.2) is 0 Å². The van der Waals surface area contributed by atoms with E-state index in [0.29, 0.717) is 17.0 Å². The van der Waals surface area contributed by atoms with Gasteiger partial charge in [0.25, 0.3) is 5.91 Å². The van der Waals surface area contributed by atoms with Crippen molar-refractivity contribution in [2.45, 2.75) is 25.9 Å². The fraction of sp³-hybridized carbons (Fsp3) is 0.273. The molecule has 1 amide bonds. The van der Waals surface area contributed by atoms with Crippen LogP contribution in [0.4, 0.5) is 0 Å². The number of likely N-dealkylation sites (tertiary alicyclic amines) is 1. The van der Waals surface area contributed by atoms with Gasteiger partial charge in [-0.1, -0.05) is 42.5 Å². The predicted octanol–water partition coefficient (Wildman–Crippen LogP) is 4.06. The van der Waals surface area contributed by atoms with Gasteiger partial charge in [0.15, 0.2) is 4.77 Å². The fourth-order valence-electron chi connectivity index (χ4n) is 3.60. The van der Waals surface area contributed by atoms with Crippen LogP contribution in [0.25, 0.3) is 5.69 Å². The average Bonchev–Trinajstić information content (AvgIpc) is 3.37. The minimum Gasteiger partial charge on any atom is -0.347 e. The number of imidazole rings is 1. The highest BCUT2D eigenvalue weighted by molar-refractivity contribution is 7.71. The molecule has 4 rings (SSSR count). The SMILES string of the molecule is O=C(NCc1ccc(CN2CCCC2)cc1)c1c[nH]c(=S)n1-c1ccccc1. The van der Waals surface area contributed by atoms with Gasteiger partial charge in [-0.3, -0.25) is 14.3 Å². The highest BCUT2D eigenvalue weighted by Gasteiger charge is 2.14. The van der Waals surface area contributed by atoms with Crippen LogP contribution in [0, 0.1) is 4.77 Å². The van der Waals surface area contributed by atoms with Crippen molar-refractivity contribution in [2.75, 3.05) is 13.1 Å². The summed E-state index contributed by atoms with van der Waals surface area (Å²) in [6.07, 6.45) is 4.26. The molecule has 2 N–H and O–H groups in total. The minimum absolute atomic E-state index is 0.155. The second-order valence-corrected chi connectivity index (χ2v) is 7.52. The van der Waals surface area contributed by atoms with Crippen LogP contribution in [0.5, 0.6) is 0 Å². The first kappa shape index (κ1) is 18.7. The number of H-pyrrole nitrogens is 1. The summed E-state index contributed by atoms with van der Waals surface area (Å²) in [5, 5.41) is 2.99. The monoisotopic (exact) mass is 392 g/mol. The smallest absolute Gasteiger partial charge is 0.270 e. The van der Waals surface area contributed by atoms with E-state index < -0.39 is 0 Å². The Hall–Kier alpha value is -2.70. The molecule has 3 aromatic rings. The van der Waals surface area contributed by atoms with Crippen molar-refractivity contribution in [3.8, 4) is 5.69 Å². The maximum absolute atomic E-state index is 12.7. The van der Waals surface area contributed by atoms with Gasteiger partial charge in [-0.2, -0.15) is 0 Å². The van der Waals surface area contributed by atoms with Crippen LogP contribution in [0.1, 0.15) is 34.5 Å².